The maximum atomic E-state index is 13.0. The van der Waals surface area contributed by atoms with Crippen LogP contribution in [-0.4, -0.2) is 53.6 Å². The average molecular weight is 493 g/mol. The van der Waals surface area contributed by atoms with Gasteiger partial charge in [-0.05, 0) is 37.0 Å². The van der Waals surface area contributed by atoms with Gasteiger partial charge in [-0.3, -0.25) is 0 Å². The van der Waals surface area contributed by atoms with Gasteiger partial charge in [0.1, 0.15) is 17.4 Å². The lowest BCUT2D eigenvalue weighted by Gasteiger charge is -2.31. The molecule has 0 radical (unpaired) electrons. The van der Waals surface area contributed by atoms with Gasteiger partial charge in [0, 0.05) is 30.7 Å². The fourth-order valence-electron chi connectivity index (χ4n) is 3.93. The Labute approximate surface area is 195 Å². The largest absolute Gasteiger partial charge is 0.487 e. The molecular formula is C22H25FN4O4S2. The molecule has 3 heterocycles. The van der Waals surface area contributed by atoms with Gasteiger partial charge in [0.15, 0.2) is 15.7 Å². The number of hydrogen-bond acceptors (Lipinski definition) is 8. The summed E-state index contributed by atoms with van der Waals surface area (Å²) in [6.45, 7) is 3.40. The molecular weight excluding hydrogens is 467 g/mol. The van der Waals surface area contributed by atoms with Crippen LogP contribution in [0, 0.1) is 18.7 Å². The summed E-state index contributed by atoms with van der Waals surface area (Å²) in [6, 6.07) is 5.28. The fourth-order valence-corrected chi connectivity index (χ4v) is 5.98. The van der Waals surface area contributed by atoms with Crippen LogP contribution in [0.1, 0.15) is 24.0 Å². The van der Waals surface area contributed by atoms with E-state index >= 15 is 0 Å². The van der Waals surface area contributed by atoms with E-state index in [2.05, 4.69) is 15.0 Å². The third-order valence-corrected chi connectivity index (χ3v) is 7.66. The molecule has 2 aromatic rings. The molecule has 0 amide bonds. The quantitative estimate of drug-likeness (QED) is 0.586. The molecule has 2 aliphatic rings. The maximum Gasteiger partial charge on any atom is 0.225 e. The number of ether oxygens (including phenoxy) is 1. The Morgan fingerprint density at radius 2 is 1.91 bits per heavy atom. The van der Waals surface area contributed by atoms with Gasteiger partial charge in [0.05, 0.1) is 34.6 Å². The minimum absolute atomic E-state index is 0.0159. The second kappa shape index (κ2) is 9.68. The summed E-state index contributed by atoms with van der Waals surface area (Å²) < 4.78 is 54.5. The van der Waals surface area contributed by atoms with Gasteiger partial charge in [-0.15, -0.1) is 0 Å². The Balaban J connectivity index is 1.33. The number of sulfone groups is 1. The minimum atomic E-state index is -3.10. The number of rotatable bonds is 7. The molecule has 0 aliphatic carbocycles. The van der Waals surface area contributed by atoms with Crippen molar-refractivity contribution in [2.45, 2.75) is 25.5 Å². The van der Waals surface area contributed by atoms with Gasteiger partial charge in [0.2, 0.25) is 5.95 Å². The first-order valence-electron chi connectivity index (χ1n) is 10.5. The standard InChI is InChI=1S/C22H25FN4O4S2/c1-15-9-16(14-33(2,29)30)3-4-20(15)31-12-19-13-32(28)21(26-19)17-5-7-27(8-6-17)22-24-10-18(23)11-25-22/h3-4,9-11,13,17H,5-8,12,14H2,1-2H3. The third-order valence-electron chi connectivity index (χ3n) is 5.48. The van der Waals surface area contributed by atoms with Crippen molar-refractivity contribution < 1.29 is 21.8 Å². The second-order valence-corrected chi connectivity index (χ2v) is 11.7. The lowest BCUT2D eigenvalue weighted by Crippen LogP contribution is -2.37. The highest BCUT2D eigenvalue weighted by atomic mass is 32.2. The van der Waals surface area contributed by atoms with Crippen LogP contribution < -0.4 is 9.64 Å². The molecule has 0 saturated carbocycles. The molecule has 1 aromatic heterocycles. The molecule has 4 rings (SSSR count). The average Bonchev–Trinajstić information content (AvgIpc) is 3.13. The number of hydrogen-bond donors (Lipinski definition) is 0. The topological polar surface area (TPSA) is 102 Å². The predicted molar refractivity (Wildman–Crippen MR) is 126 cm³/mol. The van der Waals surface area contributed by atoms with Crippen molar-refractivity contribution in [2.24, 2.45) is 10.9 Å². The third kappa shape index (κ3) is 6.02. The van der Waals surface area contributed by atoms with Crippen molar-refractivity contribution in [2.75, 3.05) is 30.9 Å². The Morgan fingerprint density at radius 3 is 2.55 bits per heavy atom. The van der Waals surface area contributed by atoms with E-state index < -0.39 is 26.5 Å². The fraction of sp³-hybridized carbons (Fsp3) is 0.409. The summed E-state index contributed by atoms with van der Waals surface area (Å²) in [5.41, 5.74) is 2.16. The first-order valence-corrected chi connectivity index (χ1v) is 13.8. The normalized spacial score (nSPS) is 19.4. The zero-order chi connectivity index (χ0) is 23.6. The van der Waals surface area contributed by atoms with Gasteiger partial charge >= 0.3 is 0 Å². The van der Waals surface area contributed by atoms with E-state index in [0.717, 1.165) is 30.8 Å². The monoisotopic (exact) mass is 492 g/mol. The number of benzene rings is 1. The zero-order valence-corrected chi connectivity index (χ0v) is 20.0. The lowest BCUT2D eigenvalue weighted by molar-refractivity contribution is 0.348. The summed E-state index contributed by atoms with van der Waals surface area (Å²) in [4.78, 5) is 14.6. The molecule has 176 valence electrons. The number of aliphatic imine (C=N–C) groups is 1. The van der Waals surface area contributed by atoms with E-state index in [9.17, 15) is 17.0 Å². The summed E-state index contributed by atoms with van der Waals surface area (Å²) in [5.74, 6) is 0.737. The molecule has 0 bridgehead atoms. The number of anilines is 1. The van der Waals surface area contributed by atoms with E-state index in [4.69, 9.17) is 4.74 Å². The zero-order valence-electron chi connectivity index (χ0n) is 18.4. The van der Waals surface area contributed by atoms with Crippen LogP contribution in [0.2, 0.25) is 0 Å². The van der Waals surface area contributed by atoms with E-state index in [1.54, 1.807) is 23.6 Å². The smallest absolute Gasteiger partial charge is 0.225 e. The Bertz CT molecular complexity index is 1220. The van der Waals surface area contributed by atoms with Gasteiger partial charge in [-0.25, -0.2) is 32.0 Å². The number of aryl methyl sites for hydroxylation is 1. The van der Waals surface area contributed by atoms with Gasteiger partial charge in [0.25, 0.3) is 0 Å². The van der Waals surface area contributed by atoms with Gasteiger partial charge in [-0.1, -0.05) is 12.1 Å². The molecule has 2 aliphatic heterocycles. The van der Waals surface area contributed by atoms with Crippen LogP contribution in [0.25, 0.3) is 0 Å². The van der Waals surface area contributed by atoms with Gasteiger partial charge in [-0.2, -0.15) is 0 Å². The van der Waals surface area contributed by atoms with Crippen molar-refractivity contribution in [1.29, 1.82) is 0 Å². The molecule has 1 unspecified atom stereocenters. The summed E-state index contributed by atoms with van der Waals surface area (Å²) in [6.07, 6.45) is 5.03. The number of piperidine rings is 1. The van der Waals surface area contributed by atoms with Crippen LogP contribution in [0.3, 0.4) is 0 Å². The summed E-state index contributed by atoms with van der Waals surface area (Å²) in [5, 5.41) is 2.28. The molecule has 33 heavy (non-hydrogen) atoms. The molecule has 1 saturated heterocycles. The number of halogens is 1. The van der Waals surface area contributed by atoms with Crippen LogP contribution in [-0.2, 0) is 26.4 Å². The molecule has 8 nitrogen and oxygen atoms in total. The summed E-state index contributed by atoms with van der Waals surface area (Å²) in [7, 11) is -4.39. The highest BCUT2D eigenvalue weighted by molar-refractivity contribution is 8.03. The van der Waals surface area contributed by atoms with Crippen molar-refractivity contribution >= 4 is 31.6 Å². The van der Waals surface area contributed by atoms with E-state index in [1.165, 1.54) is 6.26 Å². The molecule has 1 fully saturated rings. The first kappa shape index (κ1) is 23.5. The molecule has 0 N–H and O–H groups in total. The highest BCUT2D eigenvalue weighted by Crippen LogP contribution is 2.28. The van der Waals surface area contributed by atoms with Crippen molar-refractivity contribution in [1.82, 2.24) is 9.97 Å². The molecule has 1 atom stereocenters. The van der Waals surface area contributed by atoms with E-state index in [0.29, 0.717) is 41.1 Å². The van der Waals surface area contributed by atoms with Crippen LogP contribution in [0.5, 0.6) is 5.75 Å². The van der Waals surface area contributed by atoms with Crippen molar-refractivity contribution in [3.8, 4) is 5.75 Å². The molecule has 1 aromatic carbocycles. The maximum absolute atomic E-state index is 13.0. The Hall–Kier alpha value is -2.66. The molecule has 11 heteroatoms. The molecule has 0 spiro atoms. The van der Waals surface area contributed by atoms with Crippen LogP contribution in [0.15, 0.2) is 46.7 Å². The first-order chi connectivity index (χ1) is 15.7. The van der Waals surface area contributed by atoms with E-state index in [1.807, 2.05) is 11.8 Å². The lowest BCUT2D eigenvalue weighted by atomic mass is 9.98. The second-order valence-electron chi connectivity index (χ2n) is 8.28. The van der Waals surface area contributed by atoms with Gasteiger partial charge < -0.3 is 9.64 Å². The number of nitrogens with zero attached hydrogens (tertiary/aromatic N) is 4. The van der Waals surface area contributed by atoms with Crippen LogP contribution >= 0.6 is 0 Å². The van der Waals surface area contributed by atoms with E-state index in [-0.39, 0.29) is 18.3 Å². The minimum Gasteiger partial charge on any atom is -0.487 e. The van der Waals surface area contributed by atoms with Crippen molar-refractivity contribution in [3.63, 3.8) is 0 Å². The highest BCUT2D eigenvalue weighted by Gasteiger charge is 2.30. The van der Waals surface area contributed by atoms with Crippen LogP contribution in [0.4, 0.5) is 10.3 Å². The summed E-state index contributed by atoms with van der Waals surface area (Å²) >= 11 is 0. The Kier molecular flexibility index (Phi) is 6.89. The Morgan fingerprint density at radius 1 is 1.21 bits per heavy atom. The predicted octanol–water partition coefficient (Wildman–Crippen LogP) is 2.77. The van der Waals surface area contributed by atoms with Crippen molar-refractivity contribution in [3.05, 3.63) is 58.6 Å². The SMILES string of the molecule is Cc1cc(CS(C)(=O)=O)ccc1OCC1=CS(=O)C(C2CCN(c3ncc(F)cn3)CC2)=N1. The number of aromatic nitrogens is 2.